The Morgan fingerprint density at radius 3 is 2.17 bits per heavy atom. The van der Waals surface area contributed by atoms with Crippen molar-refractivity contribution >= 4 is 22.3 Å². The average Bonchev–Trinajstić information content (AvgIpc) is 3.51. The molecule has 4 aromatic carbocycles. The summed E-state index contributed by atoms with van der Waals surface area (Å²) >= 11 is 0. The fraction of sp³-hybridized carbons (Fsp3) is 0.115. The van der Waals surface area contributed by atoms with E-state index in [1.165, 1.54) is 61.2 Å². The van der Waals surface area contributed by atoms with Gasteiger partial charge in [0.05, 0.1) is 5.69 Å². The van der Waals surface area contributed by atoms with E-state index >= 15 is 0 Å². The van der Waals surface area contributed by atoms with Crippen LogP contribution in [0.1, 0.15) is 60.7 Å². The molecular formula is C52H45N. The molecule has 258 valence electrons. The van der Waals surface area contributed by atoms with Crippen LogP contribution in [0.25, 0.3) is 44.7 Å². The van der Waals surface area contributed by atoms with Crippen molar-refractivity contribution < 1.29 is 0 Å². The predicted molar refractivity (Wildman–Crippen MR) is 228 cm³/mol. The zero-order chi connectivity index (χ0) is 36.6. The number of hydrogen-bond donors (Lipinski definition) is 0. The summed E-state index contributed by atoms with van der Waals surface area (Å²) < 4.78 is 0. The highest BCUT2D eigenvalue weighted by Gasteiger charge is 2.16. The number of pyridine rings is 1. The van der Waals surface area contributed by atoms with Crippen LogP contribution in [0.4, 0.5) is 0 Å². The highest BCUT2D eigenvalue weighted by molar-refractivity contribution is 5.94. The van der Waals surface area contributed by atoms with Crippen molar-refractivity contribution in [3.05, 3.63) is 226 Å². The van der Waals surface area contributed by atoms with Crippen LogP contribution >= 0.6 is 0 Å². The summed E-state index contributed by atoms with van der Waals surface area (Å²) in [6.07, 6.45) is 23.8. The lowest BCUT2D eigenvalue weighted by Gasteiger charge is -2.16. The minimum absolute atomic E-state index is 0.850. The maximum absolute atomic E-state index is 5.11. The SMILES string of the molecule is C/C=C\C=C/C1=CC2=C=C(C=CC(c3cccc(/C(C)=C/C=C(/CC)Cc4c(-c5ccccc5)cc(-c5ccccc5)nc4C)c3)=C2)c2ccccc21. The van der Waals surface area contributed by atoms with Crippen LogP contribution in [0.2, 0.25) is 0 Å². The minimum Gasteiger partial charge on any atom is -0.253 e. The highest BCUT2D eigenvalue weighted by Crippen LogP contribution is 2.36. The molecule has 2 aliphatic carbocycles. The van der Waals surface area contributed by atoms with Gasteiger partial charge in [-0.3, -0.25) is 4.98 Å². The first-order chi connectivity index (χ1) is 26.0. The van der Waals surface area contributed by atoms with Gasteiger partial charge in [0.25, 0.3) is 0 Å². The zero-order valence-corrected chi connectivity index (χ0v) is 31.1. The van der Waals surface area contributed by atoms with Crippen molar-refractivity contribution in [1.82, 2.24) is 4.98 Å². The lowest BCUT2D eigenvalue weighted by Crippen LogP contribution is -2.01. The van der Waals surface area contributed by atoms with E-state index in [4.69, 9.17) is 4.98 Å². The van der Waals surface area contributed by atoms with Crippen molar-refractivity contribution in [2.45, 2.75) is 40.5 Å². The van der Waals surface area contributed by atoms with Crippen LogP contribution in [-0.4, -0.2) is 4.98 Å². The quantitative estimate of drug-likeness (QED) is 0.105. The molecule has 0 unspecified atom stereocenters. The highest BCUT2D eigenvalue weighted by atomic mass is 14.7. The molecule has 2 bridgehead atoms. The van der Waals surface area contributed by atoms with E-state index in [1.807, 2.05) is 6.92 Å². The first kappa shape index (κ1) is 35.1. The van der Waals surface area contributed by atoms with Crippen molar-refractivity contribution in [2.75, 3.05) is 0 Å². The average molecular weight is 684 g/mol. The second-order valence-corrected chi connectivity index (χ2v) is 13.6. The maximum Gasteiger partial charge on any atom is 0.0711 e. The molecule has 1 heteroatoms. The second-order valence-electron chi connectivity index (χ2n) is 13.6. The lowest BCUT2D eigenvalue weighted by atomic mass is 9.91. The third kappa shape index (κ3) is 8.13. The van der Waals surface area contributed by atoms with Crippen molar-refractivity contribution in [3.63, 3.8) is 0 Å². The molecule has 1 aromatic heterocycles. The van der Waals surface area contributed by atoms with Gasteiger partial charge in [0, 0.05) is 22.4 Å². The van der Waals surface area contributed by atoms with Gasteiger partial charge in [-0.05, 0) is 120 Å². The largest absolute Gasteiger partial charge is 0.253 e. The van der Waals surface area contributed by atoms with Gasteiger partial charge >= 0.3 is 0 Å². The summed E-state index contributed by atoms with van der Waals surface area (Å²) in [5.41, 5.74) is 22.6. The Kier molecular flexibility index (Phi) is 10.9. The van der Waals surface area contributed by atoms with Gasteiger partial charge in [-0.1, -0.05) is 158 Å². The van der Waals surface area contributed by atoms with Crippen LogP contribution in [0.15, 0.2) is 193 Å². The first-order valence-electron chi connectivity index (χ1n) is 18.6. The first-order valence-corrected chi connectivity index (χ1v) is 18.6. The van der Waals surface area contributed by atoms with Crippen LogP contribution < -0.4 is 0 Å². The fourth-order valence-corrected chi connectivity index (χ4v) is 7.03. The maximum atomic E-state index is 5.11. The molecule has 0 fully saturated rings. The summed E-state index contributed by atoms with van der Waals surface area (Å²) in [6, 6.07) is 41.0. The summed E-state index contributed by atoms with van der Waals surface area (Å²) in [7, 11) is 0. The molecule has 0 spiro atoms. The number of benzene rings is 4. The van der Waals surface area contributed by atoms with Crippen molar-refractivity contribution in [3.8, 4) is 22.4 Å². The van der Waals surface area contributed by atoms with Crippen LogP contribution in [-0.2, 0) is 6.42 Å². The Labute approximate surface area is 315 Å². The van der Waals surface area contributed by atoms with Gasteiger partial charge in [0.2, 0.25) is 0 Å². The van der Waals surface area contributed by atoms with Crippen LogP contribution in [0.3, 0.4) is 0 Å². The van der Waals surface area contributed by atoms with E-state index < -0.39 is 0 Å². The number of nitrogens with zero attached hydrogens (tertiary/aromatic N) is 1. The van der Waals surface area contributed by atoms with E-state index in [2.05, 4.69) is 203 Å². The third-order valence-corrected chi connectivity index (χ3v) is 10.0. The molecule has 1 heterocycles. The van der Waals surface area contributed by atoms with Gasteiger partial charge in [-0.25, -0.2) is 0 Å². The standard InChI is InChI=1S/C52H45N/c1-5-7-10-22-46-32-40-31-45(29-30-47(33-40)49-26-16-15-25-48(46)49)44-24-17-23-43(35-44)37(3)27-28-39(6-2)34-50-38(4)53-52(42-20-13-9-14-21-42)36-51(50)41-18-11-8-12-19-41/h5,7-32,35-36H,6,34H2,1-4H3/b7-5-,22-10-,37-27+,39-28-. The summed E-state index contributed by atoms with van der Waals surface area (Å²) in [5, 5.41) is 0. The Morgan fingerprint density at radius 2 is 1.42 bits per heavy atom. The number of aryl methyl sites for hydroxylation is 1. The Hall–Kier alpha value is -6.27. The molecule has 0 amide bonds. The van der Waals surface area contributed by atoms with E-state index in [9.17, 15) is 0 Å². The van der Waals surface area contributed by atoms with Crippen LogP contribution in [0.5, 0.6) is 0 Å². The number of hydrogen-bond acceptors (Lipinski definition) is 1. The summed E-state index contributed by atoms with van der Waals surface area (Å²) in [5.74, 6) is 0. The molecule has 0 saturated carbocycles. The Bertz CT molecular complexity index is 2430. The normalized spacial score (nSPS) is 14.3. The minimum atomic E-state index is 0.850. The van der Waals surface area contributed by atoms with Gasteiger partial charge in [0.15, 0.2) is 0 Å². The van der Waals surface area contributed by atoms with Crippen LogP contribution in [0, 0.1) is 6.92 Å². The van der Waals surface area contributed by atoms with Crippen molar-refractivity contribution in [2.24, 2.45) is 0 Å². The smallest absolute Gasteiger partial charge is 0.0711 e. The van der Waals surface area contributed by atoms with E-state index in [0.29, 0.717) is 0 Å². The van der Waals surface area contributed by atoms with Crippen molar-refractivity contribution in [1.29, 1.82) is 0 Å². The number of allylic oxidation sites excluding steroid dienone is 15. The predicted octanol–water partition coefficient (Wildman–Crippen LogP) is 13.8. The van der Waals surface area contributed by atoms with Gasteiger partial charge in [-0.2, -0.15) is 0 Å². The van der Waals surface area contributed by atoms with E-state index in [-0.39, 0.29) is 0 Å². The molecule has 2 aliphatic rings. The molecule has 0 N–H and O–H groups in total. The number of fused-ring (bicyclic) bond motifs is 2. The Morgan fingerprint density at radius 1 is 0.698 bits per heavy atom. The topological polar surface area (TPSA) is 12.9 Å². The second kappa shape index (κ2) is 16.4. The molecule has 7 rings (SSSR count). The Balaban J connectivity index is 1.18. The third-order valence-electron chi connectivity index (χ3n) is 10.0. The van der Waals surface area contributed by atoms with Gasteiger partial charge in [0.1, 0.15) is 0 Å². The molecule has 0 radical (unpaired) electrons. The number of rotatable bonds is 10. The monoisotopic (exact) mass is 683 g/mol. The van der Waals surface area contributed by atoms with E-state index in [1.54, 1.807) is 0 Å². The zero-order valence-electron chi connectivity index (χ0n) is 31.1. The molecule has 1 nitrogen and oxygen atoms in total. The summed E-state index contributed by atoms with van der Waals surface area (Å²) in [4.78, 5) is 5.11. The molecule has 0 atom stereocenters. The van der Waals surface area contributed by atoms with Gasteiger partial charge < -0.3 is 0 Å². The molecule has 53 heavy (non-hydrogen) atoms. The summed E-state index contributed by atoms with van der Waals surface area (Å²) in [6.45, 7) is 8.66. The van der Waals surface area contributed by atoms with Gasteiger partial charge in [-0.15, -0.1) is 5.73 Å². The van der Waals surface area contributed by atoms with E-state index in [0.717, 1.165) is 40.9 Å². The molecular weight excluding hydrogens is 639 g/mol. The number of aromatic nitrogens is 1. The lowest BCUT2D eigenvalue weighted by molar-refractivity contribution is 0.980. The molecule has 0 aliphatic heterocycles. The molecule has 5 aromatic rings. The fourth-order valence-electron chi connectivity index (χ4n) is 7.03. The molecule has 0 saturated heterocycles.